The molecule has 4 rings (SSSR count). The van der Waals surface area contributed by atoms with E-state index >= 15 is 0 Å². The van der Waals surface area contributed by atoms with E-state index in [0.29, 0.717) is 13.2 Å². The van der Waals surface area contributed by atoms with Gasteiger partial charge in [0.1, 0.15) is 18.2 Å². The van der Waals surface area contributed by atoms with Gasteiger partial charge < -0.3 is 20.3 Å². The van der Waals surface area contributed by atoms with Gasteiger partial charge in [0.2, 0.25) is 0 Å². The van der Waals surface area contributed by atoms with Gasteiger partial charge in [-0.25, -0.2) is 19.6 Å². The largest absolute Gasteiger partial charge is 0.377 e. The first-order valence-electron chi connectivity index (χ1n) is 10.9. The first kappa shape index (κ1) is 20.6. The number of guanidine groups is 1. The fraction of sp³-hybridized carbons (Fsp3) is 0.619. The topological polar surface area (TPSA) is 92.5 Å². The molecule has 1 unspecified atom stereocenters. The van der Waals surface area contributed by atoms with Crippen LogP contribution in [0.4, 0.5) is 5.82 Å². The first-order valence-corrected chi connectivity index (χ1v) is 10.9. The molecule has 2 aliphatic heterocycles. The van der Waals surface area contributed by atoms with Crippen molar-refractivity contribution in [3.05, 3.63) is 35.5 Å². The molecule has 9 nitrogen and oxygen atoms in total. The van der Waals surface area contributed by atoms with Crippen molar-refractivity contribution < 1.29 is 4.74 Å². The molecule has 0 bridgehead atoms. The van der Waals surface area contributed by atoms with Gasteiger partial charge in [-0.05, 0) is 37.8 Å². The fourth-order valence-corrected chi connectivity index (χ4v) is 4.00. The summed E-state index contributed by atoms with van der Waals surface area (Å²) in [5.74, 6) is 3.68. The Balaban J connectivity index is 1.35. The van der Waals surface area contributed by atoms with E-state index in [1.54, 1.807) is 7.11 Å². The number of nitrogens with zero attached hydrogens (tertiary/aromatic N) is 6. The van der Waals surface area contributed by atoms with Crippen molar-refractivity contribution in [2.24, 2.45) is 4.99 Å². The van der Waals surface area contributed by atoms with Crippen LogP contribution >= 0.6 is 0 Å². The number of nitrogens with one attached hydrogen (secondary N) is 2. The van der Waals surface area contributed by atoms with Crippen LogP contribution in [-0.4, -0.2) is 58.5 Å². The molecule has 162 valence electrons. The van der Waals surface area contributed by atoms with Crippen LogP contribution in [0.1, 0.15) is 43.4 Å². The molecule has 9 heteroatoms. The van der Waals surface area contributed by atoms with E-state index in [2.05, 4.69) is 49.7 Å². The van der Waals surface area contributed by atoms with Crippen LogP contribution in [0.3, 0.4) is 0 Å². The third-order valence-corrected chi connectivity index (χ3v) is 5.52. The van der Waals surface area contributed by atoms with E-state index in [4.69, 9.17) is 9.73 Å². The highest BCUT2D eigenvalue weighted by atomic mass is 16.5. The summed E-state index contributed by atoms with van der Waals surface area (Å²) in [6, 6.07) is 4.51. The summed E-state index contributed by atoms with van der Waals surface area (Å²) in [5.41, 5.74) is 1.11. The minimum Gasteiger partial charge on any atom is -0.377 e. The van der Waals surface area contributed by atoms with Crippen LogP contribution in [0.2, 0.25) is 0 Å². The fourth-order valence-electron chi connectivity index (χ4n) is 4.00. The minimum absolute atomic E-state index is 0.267. The minimum atomic E-state index is 0.267. The van der Waals surface area contributed by atoms with Crippen molar-refractivity contribution in [1.82, 2.24) is 30.4 Å². The molecule has 0 spiro atoms. The van der Waals surface area contributed by atoms with Crippen LogP contribution in [0.25, 0.3) is 0 Å². The second-order valence-electron chi connectivity index (χ2n) is 7.85. The zero-order valence-corrected chi connectivity index (χ0v) is 18.0. The standard InChI is InChI=1S/C21H32N8O/c1-3-22-21(24-13-16-6-8-19(23-12-16)28-10-4-5-11-28)25-17-7-9-20-26-18(15-30-2)27-29(20)14-17/h6,8,12,17H,3-5,7,9-11,13-15H2,1-2H3,(H2,22,24,25). The molecule has 2 N–H and O–H groups in total. The van der Waals surface area contributed by atoms with E-state index in [1.807, 2.05) is 10.9 Å². The van der Waals surface area contributed by atoms with Crippen LogP contribution in [0, 0.1) is 0 Å². The third-order valence-electron chi connectivity index (χ3n) is 5.52. The number of ether oxygens (including phenoxy) is 1. The van der Waals surface area contributed by atoms with Gasteiger partial charge in [-0.1, -0.05) is 6.07 Å². The van der Waals surface area contributed by atoms with E-state index < -0.39 is 0 Å². The quantitative estimate of drug-likeness (QED) is 0.526. The van der Waals surface area contributed by atoms with Crippen LogP contribution in [-0.2, 0) is 30.9 Å². The van der Waals surface area contributed by atoms with Crippen LogP contribution in [0.5, 0.6) is 0 Å². The average molecular weight is 413 g/mol. The van der Waals surface area contributed by atoms with Gasteiger partial charge >= 0.3 is 0 Å². The summed E-state index contributed by atoms with van der Waals surface area (Å²) in [7, 11) is 1.67. The summed E-state index contributed by atoms with van der Waals surface area (Å²) in [4.78, 5) is 16.3. The van der Waals surface area contributed by atoms with Gasteiger partial charge in [0.25, 0.3) is 0 Å². The molecule has 2 aliphatic rings. The van der Waals surface area contributed by atoms with Crippen LogP contribution < -0.4 is 15.5 Å². The Morgan fingerprint density at radius 3 is 2.90 bits per heavy atom. The summed E-state index contributed by atoms with van der Waals surface area (Å²) in [6.45, 7) is 6.95. The van der Waals surface area contributed by atoms with Gasteiger partial charge in [-0.15, -0.1) is 0 Å². The molecular formula is C21H32N8O. The molecule has 2 aromatic rings. The number of rotatable bonds is 7. The Kier molecular flexibility index (Phi) is 6.78. The third kappa shape index (κ3) is 5.08. The van der Waals surface area contributed by atoms with Gasteiger partial charge in [0, 0.05) is 45.4 Å². The molecule has 30 heavy (non-hydrogen) atoms. The Morgan fingerprint density at radius 2 is 2.17 bits per heavy atom. The Bertz CT molecular complexity index is 841. The molecule has 4 heterocycles. The molecule has 0 saturated carbocycles. The number of aryl methyl sites for hydroxylation is 1. The molecular weight excluding hydrogens is 380 g/mol. The molecule has 1 saturated heterocycles. The maximum atomic E-state index is 5.15. The lowest BCUT2D eigenvalue weighted by Gasteiger charge is -2.25. The Hall–Kier alpha value is -2.68. The number of fused-ring (bicyclic) bond motifs is 1. The van der Waals surface area contributed by atoms with Gasteiger partial charge in [-0.2, -0.15) is 5.10 Å². The van der Waals surface area contributed by atoms with Crippen molar-refractivity contribution in [2.75, 3.05) is 31.6 Å². The maximum absolute atomic E-state index is 5.15. The molecule has 1 fully saturated rings. The smallest absolute Gasteiger partial charge is 0.191 e. The number of hydrogen-bond acceptors (Lipinski definition) is 6. The monoisotopic (exact) mass is 412 g/mol. The summed E-state index contributed by atoms with van der Waals surface area (Å²) < 4.78 is 7.13. The van der Waals surface area contributed by atoms with E-state index in [1.165, 1.54) is 12.8 Å². The summed E-state index contributed by atoms with van der Waals surface area (Å²) >= 11 is 0. The SMILES string of the molecule is CCNC(=NCc1ccc(N2CCCC2)nc1)NC1CCc2nc(COC)nn2C1. The highest BCUT2D eigenvalue weighted by molar-refractivity contribution is 5.80. The second-order valence-corrected chi connectivity index (χ2v) is 7.85. The van der Waals surface area contributed by atoms with E-state index in [0.717, 1.165) is 68.0 Å². The van der Waals surface area contributed by atoms with Gasteiger partial charge in [0.05, 0.1) is 13.1 Å². The lowest BCUT2D eigenvalue weighted by Crippen LogP contribution is -2.47. The second kappa shape index (κ2) is 9.88. The lowest BCUT2D eigenvalue weighted by molar-refractivity contribution is 0.177. The van der Waals surface area contributed by atoms with E-state index in [9.17, 15) is 0 Å². The molecule has 0 aliphatic carbocycles. The molecule has 0 amide bonds. The number of aromatic nitrogens is 4. The average Bonchev–Trinajstić information content (AvgIpc) is 3.42. The van der Waals surface area contributed by atoms with Gasteiger partial charge in [0.15, 0.2) is 11.8 Å². The number of hydrogen-bond donors (Lipinski definition) is 2. The van der Waals surface area contributed by atoms with Crippen molar-refractivity contribution in [2.45, 2.75) is 58.3 Å². The molecule has 0 aromatic carbocycles. The van der Waals surface area contributed by atoms with Gasteiger partial charge in [-0.3, -0.25) is 0 Å². The first-order chi connectivity index (χ1) is 14.7. The molecule has 2 aromatic heterocycles. The predicted octanol–water partition coefficient (Wildman–Crippen LogP) is 1.49. The van der Waals surface area contributed by atoms with E-state index in [-0.39, 0.29) is 6.04 Å². The maximum Gasteiger partial charge on any atom is 0.191 e. The van der Waals surface area contributed by atoms with Crippen molar-refractivity contribution in [3.63, 3.8) is 0 Å². The van der Waals surface area contributed by atoms with Crippen LogP contribution in [0.15, 0.2) is 23.3 Å². The predicted molar refractivity (Wildman–Crippen MR) is 116 cm³/mol. The highest BCUT2D eigenvalue weighted by Crippen LogP contribution is 2.18. The number of aliphatic imine (C=N–C) groups is 1. The Morgan fingerprint density at radius 1 is 1.30 bits per heavy atom. The molecule has 0 radical (unpaired) electrons. The van der Waals surface area contributed by atoms with Crippen molar-refractivity contribution >= 4 is 11.8 Å². The number of anilines is 1. The van der Waals surface area contributed by atoms with Crippen molar-refractivity contribution in [3.8, 4) is 0 Å². The molecule has 1 atom stereocenters. The van der Waals surface area contributed by atoms with Crippen molar-refractivity contribution in [1.29, 1.82) is 0 Å². The Labute approximate surface area is 178 Å². The lowest BCUT2D eigenvalue weighted by atomic mass is 10.1. The zero-order chi connectivity index (χ0) is 20.8. The summed E-state index contributed by atoms with van der Waals surface area (Å²) in [6.07, 6.45) is 6.37. The normalized spacial score (nSPS) is 19.1. The summed E-state index contributed by atoms with van der Waals surface area (Å²) in [5, 5.41) is 11.5. The number of pyridine rings is 1. The zero-order valence-electron chi connectivity index (χ0n) is 18.0. The number of methoxy groups -OCH3 is 1. The highest BCUT2D eigenvalue weighted by Gasteiger charge is 2.22.